The summed E-state index contributed by atoms with van der Waals surface area (Å²) in [4.78, 5) is 11.2. The summed E-state index contributed by atoms with van der Waals surface area (Å²) in [7, 11) is 0. The van der Waals surface area contributed by atoms with Gasteiger partial charge in [0.2, 0.25) is 0 Å². The number of hydrogen-bond donors (Lipinski definition) is 0. The molecule has 0 radical (unpaired) electrons. The third-order valence-corrected chi connectivity index (χ3v) is 2.60. The molecule has 0 saturated carbocycles. The van der Waals surface area contributed by atoms with Crippen LogP contribution in [0.15, 0.2) is 30.3 Å². The topological polar surface area (TPSA) is 44.8 Å². The van der Waals surface area contributed by atoms with Gasteiger partial charge in [0.15, 0.2) is 12.4 Å². The molecular weight excluding hydrogens is 196 g/mol. The quantitative estimate of drug-likeness (QED) is 0.644. The number of cyclic esters (lactones) is 1. The number of ether oxygens (including phenoxy) is 3. The van der Waals surface area contributed by atoms with E-state index in [2.05, 4.69) is 0 Å². The Morgan fingerprint density at radius 3 is 2.67 bits per heavy atom. The smallest absolute Gasteiger partial charge is 0.338 e. The third kappa shape index (κ3) is 1.42. The van der Waals surface area contributed by atoms with Crippen molar-refractivity contribution in [1.29, 1.82) is 0 Å². The van der Waals surface area contributed by atoms with E-state index in [1.54, 1.807) is 0 Å². The Kier molecular flexibility index (Phi) is 1.97. The molecular formula is C11H10O4. The number of hydrogen-bond acceptors (Lipinski definition) is 4. The van der Waals surface area contributed by atoms with E-state index >= 15 is 0 Å². The highest BCUT2D eigenvalue weighted by molar-refractivity contribution is 5.77. The fourth-order valence-electron chi connectivity index (χ4n) is 1.83. The number of esters is 1. The molecule has 0 spiro atoms. The monoisotopic (exact) mass is 206 g/mol. The first-order chi connectivity index (χ1) is 7.34. The van der Waals surface area contributed by atoms with E-state index in [0.29, 0.717) is 6.61 Å². The summed E-state index contributed by atoms with van der Waals surface area (Å²) in [5.74, 6) is -0.321. The van der Waals surface area contributed by atoms with Gasteiger partial charge in [-0.1, -0.05) is 30.3 Å². The van der Waals surface area contributed by atoms with Crippen LogP contribution >= 0.6 is 0 Å². The van der Waals surface area contributed by atoms with Gasteiger partial charge in [0, 0.05) is 5.56 Å². The minimum absolute atomic E-state index is 0.247. The summed E-state index contributed by atoms with van der Waals surface area (Å²) in [6.45, 7) is 0.298. The Labute approximate surface area is 86.7 Å². The molecule has 0 aliphatic carbocycles. The van der Waals surface area contributed by atoms with E-state index in [4.69, 9.17) is 14.2 Å². The van der Waals surface area contributed by atoms with Crippen LogP contribution in [0.4, 0.5) is 0 Å². The molecule has 3 rings (SSSR count). The standard InChI is InChI=1S/C11H10O4/c12-10-9-8(6-13-10)14-11(15-9)7-4-2-1-3-5-7/h1-5,8-9,11H,6H2/t8-,9-,11-/m1/s1. The van der Waals surface area contributed by atoms with E-state index in [1.807, 2.05) is 30.3 Å². The number of carbonyl (C=O) groups is 1. The molecule has 4 nitrogen and oxygen atoms in total. The first-order valence-electron chi connectivity index (χ1n) is 4.87. The normalized spacial score (nSPS) is 33.9. The lowest BCUT2D eigenvalue weighted by molar-refractivity contribution is -0.156. The summed E-state index contributed by atoms with van der Waals surface area (Å²) in [5.41, 5.74) is 0.930. The third-order valence-electron chi connectivity index (χ3n) is 2.60. The molecule has 2 aliphatic heterocycles. The Morgan fingerprint density at radius 1 is 1.13 bits per heavy atom. The SMILES string of the molecule is O=C1OC[C@H]2O[C@@H](c3ccccc3)O[C@@H]12. The largest absolute Gasteiger partial charge is 0.461 e. The van der Waals surface area contributed by atoms with Crippen LogP contribution in [0, 0.1) is 0 Å². The van der Waals surface area contributed by atoms with Gasteiger partial charge < -0.3 is 14.2 Å². The summed E-state index contributed by atoms with van der Waals surface area (Å²) in [6, 6.07) is 9.57. The lowest BCUT2D eigenvalue weighted by Crippen LogP contribution is -2.22. The molecule has 3 atom stereocenters. The van der Waals surface area contributed by atoms with Gasteiger partial charge in [0.05, 0.1) is 0 Å². The van der Waals surface area contributed by atoms with Crippen molar-refractivity contribution >= 4 is 5.97 Å². The average Bonchev–Trinajstić information content (AvgIpc) is 2.83. The maximum Gasteiger partial charge on any atom is 0.338 e. The predicted octanol–water partition coefficient (Wildman–Crippen LogP) is 1.03. The Bertz CT molecular complexity index is 375. The van der Waals surface area contributed by atoms with Crippen molar-refractivity contribution in [2.24, 2.45) is 0 Å². The number of fused-ring (bicyclic) bond motifs is 1. The van der Waals surface area contributed by atoms with E-state index in [9.17, 15) is 4.79 Å². The molecule has 15 heavy (non-hydrogen) atoms. The van der Waals surface area contributed by atoms with Gasteiger partial charge in [-0.2, -0.15) is 0 Å². The molecule has 0 N–H and O–H groups in total. The molecule has 0 amide bonds. The molecule has 78 valence electrons. The molecule has 1 aromatic rings. The van der Waals surface area contributed by atoms with Crippen LogP contribution in [-0.2, 0) is 19.0 Å². The first kappa shape index (κ1) is 8.88. The van der Waals surface area contributed by atoms with Crippen LogP contribution in [0.3, 0.4) is 0 Å². The van der Waals surface area contributed by atoms with Crippen LogP contribution in [0.2, 0.25) is 0 Å². The molecule has 0 bridgehead atoms. The van der Waals surface area contributed by atoms with E-state index in [1.165, 1.54) is 0 Å². The zero-order valence-electron chi connectivity index (χ0n) is 7.96. The van der Waals surface area contributed by atoms with Crippen LogP contribution < -0.4 is 0 Å². The molecule has 0 unspecified atom stereocenters. The van der Waals surface area contributed by atoms with Crippen LogP contribution in [0.5, 0.6) is 0 Å². The maximum atomic E-state index is 11.2. The molecule has 4 heteroatoms. The van der Waals surface area contributed by atoms with Crippen LogP contribution in [-0.4, -0.2) is 24.8 Å². The number of benzene rings is 1. The number of rotatable bonds is 1. The first-order valence-corrected chi connectivity index (χ1v) is 4.87. The van der Waals surface area contributed by atoms with Crippen molar-refractivity contribution in [1.82, 2.24) is 0 Å². The lowest BCUT2D eigenvalue weighted by Gasteiger charge is -2.11. The van der Waals surface area contributed by atoms with Gasteiger partial charge in [-0.15, -0.1) is 0 Å². The van der Waals surface area contributed by atoms with Gasteiger partial charge in [-0.25, -0.2) is 4.79 Å². The number of carbonyl (C=O) groups excluding carboxylic acids is 1. The highest BCUT2D eigenvalue weighted by atomic mass is 16.8. The fraction of sp³-hybridized carbons (Fsp3) is 0.364. The summed E-state index contributed by atoms with van der Waals surface area (Å²) >= 11 is 0. The Balaban J connectivity index is 1.80. The van der Waals surface area contributed by atoms with Crippen molar-refractivity contribution < 1.29 is 19.0 Å². The minimum atomic E-state index is -0.546. The van der Waals surface area contributed by atoms with E-state index in [0.717, 1.165) is 5.56 Å². The second-order valence-electron chi connectivity index (χ2n) is 3.60. The van der Waals surface area contributed by atoms with Crippen molar-refractivity contribution in [2.45, 2.75) is 18.5 Å². The molecule has 1 aromatic carbocycles. The Morgan fingerprint density at radius 2 is 1.93 bits per heavy atom. The summed E-state index contributed by atoms with van der Waals surface area (Å²) in [5, 5.41) is 0. The molecule has 2 aliphatic rings. The molecule has 2 saturated heterocycles. The highest BCUT2D eigenvalue weighted by Crippen LogP contribution is 2.34. The van der Waals surface area contributed by atoms with Gasteiger partial charge in [0.1, 0.15) is 12.7 Å². The van der Waals surface area contributed by atoms with E-state index in [-0.39, 0.29) is 12.1 Å². The fourth-order valence-corrected chi connectivity index (χ4v) is 1.83. The van der Waals surface area contributed by atoms with Crippen molar-refractivity contribution in [3.63, 3.8) is 0 Å². The van der Waals surface area contributed by atoms with Crippen molar-refractivity contribution in [2.75, 3.05) is 6.61 Å². The van der Waals surface area contributed by atoms with Gasteiger partial charge in [0.25, 0.3) is 0 Å². The van der Waals surface area contributed by atoms with Crippen LogP contribution in [0.25, 0.3) is 0 Å². The second-order valence-corrected chi connectivity index (χ2v) is 3.60. The minimum Gasteiger partial charge on any atom is -0.461 e. The zero-order valence-corrected chi connectivity index (χ0v) is 7.96. The van der Waals surface area contributed by atoms with E-state index < -0.39 is 12.4 Å². The molecule has 0 aromatic heterocycles. The maximum absolute atomic E-state index is 11.2. The second kappa shape index (κ2) is 3.32. The van der Waals surface area contributed by atoms with Gasteiger partial charge >= 0.3 is 5.97 Å². The lowest BCUT2D eigenvalue weighted by atomic mass is 10.2. The Hall–Kier alpha value is -1.39. The van der Waals surface area contributed by atoms with Crippen molar-refractivity contribution in [3.8, 4) is 0 Å². The summed E-state index contributed by atoms with van der Waals surface area (Å²) in [6.07, 6.45) is -1.23. The van der Waals surface area contributed by atoms with Crippen molar-refractivity contribution in [3.05, 3.63) is 35.9 Å². The van der Waals surface area contributed by atoms with Crippen LogP contribution in [0.1, 0.15) is 11.9 Å². The highest BCUT2D eigenvalue weighted by Gasteiger charge is 2.47. The average molecular weight is 206 g/mol. The molecule has 2 heterocycles. The van der Waals surface area contributed by atoms with Gasteiger partial charge in [-0.05, 0) is 0 Å². The van der Waals surface area contributed by atoms with Gasteiger partial charge in [-0.3, -0.25) is 0 Å². The summed E-state index contributed by atoms with van der Waals surface area (Å²) < 4.78 is 15.9. The zero-order chi connectivity index (χ0) is 10.3. The molecule has 2 fully saturated rings. The predicted molar refractivity (Wildman–Crippen MR) is 49.9 cm³/mol.